The molecule has 1 aliphatic rings. The molecule has 1 aromatic carbocycles. The number of carboxylic acid groups (broad SMARTS) is 1. The molecule has 16 heavy (non-hydrogen) atoms. The predicted octanol–water partition coefficient (Wildman–Crippen LogP) is 0.217. The molecule has 1 aliphatic heterocycles. The molecule has 1 atom stereocenters. The number of carbonyl (C=O) groups excluding carboxylic acids is 2. The topological polar surface area (TPSA) is 66.4 Å². The van der Waals surface area contributed by atoms with Crippen molar-refractivity contribution in [1.82, 2.24) is 0 Å². The van der Waals surface area contributed by atoms with Gasteiger partial charge in [-0.05, 0) is 25.5 Å². The van der Waals surface area contributed by atoms with Crippen molar-refractivity contribution < 1.29 is 19.4 Å². The lowest BCUT2D eigenvalue weighted by atomic mass is 9.89. The predicted molar refractivity (Wildman–Crippen MR) is 53.7 cm³/mol. The highest BCUT2D eigenvalue weighted by Crippen LogP contribution is 2.28. The maximum absolute atomic E-state index is 11.6. The molecule has 84 valence electrons. The van der Waals surface area contributed by atoms with E-state index in [-0.39, 0.29) is 6.42 Å². The van der Waals surface area contributed by atoms with Gasteiger partial charge in [0.15, 0.2) is 5.60 Å². The fourth-order valence-electron chi connectivity index (χ4n) is 1.81. The van der Waals surface area contributed by atoms with Crippen LogP contribution in [0.25, 0.3) is 0 Å². The van der Waals surface area contributed by atoms with E-state index >= 15 is 0 Å². The SMILES string of the molecule is Cc1ccc2c(c1)C(=O)O[C@](C)(C(=O)[O-])C2. The fraction of sp³-hybridized carbons (Fsp3) is 0.333. The van der Waals surface area contributed by atoms with Crippen LogP contribution in [-0.4, -0.2) is 17.5 Å². The molecule has 0 radical (unpaired) electrons. The largest absolute Gasteiger partial charge is 0.546 e. The molecule has 0 aromatic heterocycles. The van der Waals surface area contributed by atoms with Gasteiger partial charge in [-0.15, -0.1) is 0 Å². The Morgan fingerprint density at radius 2 is 2.19 bits per heavy atom. The number of carboxylic acids is 1. The molecular formula is C12H11O4-. The van der Waals surface area contributed by atoms with E-state index in [1.54, 1.807) is 12.1 Å². The quantitative estimate of drug-likeness (QED) is 0.633. The van der Waals surface area contributed by atoms with Gasteiger partial charge >= 0.3 is 5.97 Å². The Morgan fingerprint density at radius 1 is 1.50 bits per heavy atom. The van der Waals surface area contributed by atoms with Gasteiger partial charge in [0, 0.05) is 6.42 Å². The zero-order valence-corrected chi connectivity index (χ0v) is 9.07. The van der Waals surface area contributed by atoms with Crippen LogP contribution in [0.2, 0.25) is 0 Å². The number of aryl methyl sites for hydroxylation is 1. The highest BCUT2D eigenvalue weighted by atomic mass is 16.6. The number of cyclic esters (lactones) is 1. The van der Waals surface area contributed by atoms with Gasteiger partial charge < -0.3 is 14.6 Å². The van der Waals surface area contributed by atoms with E-state index in [1.165, 1.54) is 6.92 Å². The monoisotopic (exact) mass is 219 g/mol. The van der Waals surface area contributed by atoms with Crippen LogP contribution < -0.4 is 5.11 Å². The number of benzene rings is 1. The second kappa shape index (κ2) is 3.33. The Balaban J connectivity index is 2.49. The number of rotatable bonds is 1. The number of fused-ring (bicyclic) bond motifs is 1. The Kier molecular flexibility index (Phi) is 2.22. The smallest absolute Gasteiger partial charge is 0.339 e. The minimum atomic E-state index is -1.56. The second-order valence-corrected chi connectivity index (χ2v) is 4.25. The van der Waals surface area contributed by atoms with Gasteiger partial charge in [-0.1, -0.05) is 17.7 Å². The fourth-order valence-corrected chi connectivity index (χ4v) is 1.81. The van der Waals surface area contributed by atoms with Crippen LogP contribution in [0.3, 0.4) is 0 Å². The summed E-state index contributed by atoms with van der Waals surface area (Å²) in [6.07, 6.45) is 0.149. The van der Waals surface area contributed by atoms with Gasteiger partial charge in [0.05, 0.1) is 11.5 Å². The van der Waals surface area contributed by atoms with Gasteiger partial charge in [-0.2, -0.15) is 0 Å². The summed E-state index contributed by atoms with van der Waals surface area (Å²) in [6, 6.07) is 5.30. The van der Waals surface area contributed by atoms with E-state index < -0.39 is 17.5 Å². The van der Waals surface area contributed by atoms with E-state index in [1.807, 2.05) is 13.0 Å². The number of carbonyl (C=O) groups is 2. The van der Waals surface area contributed by atoms with Crippen LogP contribution in [0, 0.1) is 6.92 Å². The molecule has 0 bridgehead atoms. The van der Waals surface area contributed by atoms with E-state index in [0.717, 1.165) is 5.56 Å². The molecule has 0 saturated carbocycles. The second-order valence-electron chi connectivity index (χ2n) is 4.25. The molecule has 0 amide bonds. The third-order valence-electron chi connectivity index (χ3n) is 2.76. The number of ether oxygens (including phenoxy) is 1. The summed E-state index contributed by atoms with van der Waals surface area (Å²) in [5.41, 5.74) is 0.513. The highest BCUT2D eigenvalue weighted by Gasteiger charge is 2.37. The lowest BCUT2D eigenvalue weighted by molar-refractivity contribution is -0.323. The maximum atomic E-state index is 11.6. The number of esters is 1. The Morgan fingerprint density at radius 3 is 2.81 bits per heavy atom. The zero-order chi connectivity index (χ0) is 11.9. The lowest BCUT2D eigenvalue weighted by Crippen LogP contribution is -2.52. The Bertz CT molecular complexity index is 478. The molecule has 0 spiro atoms. The molecule has 0 N–H and O–H groups in total. The zero-order valence-electron chi connectivity index (χ0n) is 9.07. The Labute approximate surface area is 92.8 Å². The molecule has 0 fully saturated rings. The molecule has 1 aromatic rings. The summed E-state index contributed by atoms with van der Waals surface area (Å²) in [5, 5.41) is 10.9. The van der Waals surface area contributed by atoms with Crippen LogP contribution in [0.15, 0.2) is 18.2 Å². The number of hydrogen-bond acceptors (Lipinski definition) is 4. The van der Waals surface area contributed by atoms with Crippen LogP contribution in [-0.2, 0) is 16.0 Å². The van der Waals surface area contributed by atoms with Gasteiger partial charge in [0.25, 0.3) is 0 Å². The molecule has 1 heterocycles. The van der Waals surface area contributed by atoms with Crippen LogP contribution in [0.4, 0.5) is 0 Å². The summed E-state index contributed by atoms with van der Waals surface area (Å²) >= 11 is 0. The minimum Gasteiger partial charge on any atom is -0.546 e. The number of hydrogen-bond donors (Lipinski definition) is 0. The van der Waals surface area contributed by atoms with Crippen molar-refractivity contribution in [3.05, 3.63) is 34.9 Å². The molecule has 0 unspecified atom stereocenters. The summed E-state index contributed by atoms with van der Waals surface area (Å²) in [5.74, 6) is -1.97. The Hall–Kier alpha value is -1.84. The van der Waals surface area contributed by atoms with E-state index in [2.05, 4.69) is 0 Å². The maximum Gasteiger partial charge on any atom is 0.339 e. The van der Waals surface area contributed by atoms with E-state index in [0.29, 0.717) is 11.1 Å². The first-order chi connectivity index (χ1) is 7.42. The average Bonchev–Trinajstić information content (AvgIpc) is 2.19. The van der Waals surface area contributed by atoms with Crippen LogP contribution >= 0.6 is 0 Å². The van der Waals surface area contributed by atoms with E-state index in [9.17, 15) is 14.7 Å². The van der Waals surface area contributed by atoms with Gasteiger partial charge in [-0.25, -0.2) is 4.79 Å². The van der Waals surface area contributed by atoms with Crippen molar-refractivity contribution in [1.29, 1.82) is 0 Å². The van der Waals surface area contributed by atoms with Crippen LogP contribution in [0.1, 0.15) is 28.4 Å². The molecule has 0 aliphatic carbocycles. The van der Waals surface area contributed by atoms with Crippen molar-refractivity contribution in [2.75, 3.05) is 0 Å². The molecule has 4 nitrogen and oxygen atoms in total. The molecule has 4 heteroatoms. The lowest BCUT2D eigenvalue weighted by Gasteiger charge is -2.35. The summed E-state index contributed by atoms with van der Waals surface area (Å²) in [6.45, 7) is 3.21. The standard InChI is InChI=1S/C12H12O4/c1-7-3-4-8-6-12(2,11(14)15)16-10(13)9(8)5-7/h3-5H,6H2,1-2H3,(H,14,15)/p-1/t12-/m0/s1. The van der Waals surface area contributed by atoms with Gasteiger partial charge in [-0.3, -0.25) is 0 Å². The molecule has 0 saturated heterocycles. The first-order valence-electron chi connectivity index (χ1n) is 4.97. The van der Waals surface area contributed by atoms with Crippen molar-refractivity contribution in [2.24, 2.45) is 0 Å². The van der Waals surface area contributed by atoms with Crippen molar-refractivity contribution >= 4 is 11.9 Å². The number of aliphatic carboxylic acids is 1. The van der Waals surface area contributed by atoms with Crippen molar-refractivity contribution in [3.8, 4) is 0 Å². The third-order valence-corrected chi connectivity index (χ3v) is 2.76. The minimum absolute atomic E-state index is 0.149. The summed E-state index contributed by atoms with van der Waals surface area (Å²) in [4.78, 5) is 22.6. The van der Waals surface area contributed by atoms with Crippen molar-refractivity contribution in [2.45, 2.75) is 25.9 Å². The van der Waals surface area contributed by atoms with Gasteiger partial charge in [0.2, 0.25) is 0 Å². The van der Waals surface area contributed by atoms with Crippen LogP contribution in [0.5, 0.6) is 0 Å². The highest BCUT2D eigenvalue weighted by molar-refractivity contribution is 5.95. The normalized spacial score (nSPS) is 23.5. The third kappa shape index (κ3) is 1.56. The van der Waals surface area contributed by atoms with E-state index in [4.69, 9.17) is 4.74 Å². The molecule has 2 rings (SSSR count). The first kappa shape index (κ1) is 10.7. The summed E-state index contributed by atoms with van der Waals surface area (Å²) in [7, 11) is 0. The average molecular weight is 219 g/mol. The first-order valence-corrected chi connectivity index (χ1v) is 4.97. The van der Waals surface area contributed by atoms with Gasteiger partial charge in [0.1, 0.15) is 0 Å². The summed E-state index contributed by atoms with van der Waals surface area (Å²) < 4.78 is 4.92. The van der Waals surface area contributed by atoms with Crippen molar-refractivity contribution in [3.63, 3.8) is 0 Å². The molecular weight excluding hydrogens is 208 g/mol.